The lowest BCUT2D eigenvalue weighted by Gasteiger charge is -2.02. The molecule has 1 aromatic carbocycles. The molecule has 0 aliphatic rings. The number of carbonyl (C=O) groups is 2. The molecule has 2 aromatic rings. The van der Waals surface area contributed by atoms with Crippen molar-refractivity contribution in [2.75, 3.05) is 20.3 Å². The second kappa shape index (κ2) is 5.86. The van der Waals surface area contributed by atoms with Crippen LogP contribution in [-0.2, 0) is 9.53 Å². The summed E-state index contributed by atoms with van der Waals surface area (Å²) in [4.78, 5) is 26.6. The Morgan fingerprint density at radius 3 is 2.95 bits per heavy atom. The Hall–Kier alpha value is -1.85. The Balaban J connectivity index is 2.19. The second-order valence-electron chi connectivity index (χ2n) is 3.97. The molecule has 2 N–H and O–H groups in total. The monoisotopic (exact) mass is 280 g/mol. The number of nitrogens with one attached hydrogen (secondary N) is 2. The van der Waals surface area contributed by atoms with Crippen LogP contribution in [0.4, 0.5) is 0 Å². The molecule has 0 aliphatic heterocycles. The van der Waals surface area contributed by atoms with Gasteiger partial charge < -0.3 is 15.0 Å². The molecule has 0 saturated heterocycles. The zero-order valence-electron chi connectivity index (χ0n) is 10.3. The van der Waals surface area contributed by atoms with Gasteiger partial charge in [0, 0.05) is 35.8 Å². The molecule has 0 saturated carbocycles. The summed E-state index contributed by atoms with van der Waals surface area (Å²) in [5.74, 6) is -1.22. The van der Waals surface area contributed by atoms with Gasteiger partial charge in [0.25, 0.3) is 11.7 Å². The second-order valence-corrected chi connectivity index (χ2v) is 4.41. The molecule has 1 heterocycles. The summed E-state index contributed by atoms with van der Waals surface area (Å²) in [6.45, 7) is 0.664. The highest BCUT2D eigenvalue weighted by Crippen LogP contribution is 2.22. The number of aromatic nitrogens is 1. The zero-order valence-corrected chi connectivity index (χ0v) is 11.1. The number of hydrogen-bond donors (Lipinski definition) is 2. The first-order valence-electron chi connectivity index (χ1n) is 5.71. The van der Waals surface area contributed by atoms with E-state index in [1.165, 1.54) is 13.3 Å². The van der Waals surface area contributed by atoms with E-state index in [9.17, 15) is 9.59 Å². The summed E-state index contributed by atoms with van der Waals surface area (Å²) in [5, 5.41) is 3.74. The van der Waals surface area contributed by atoms with Crippen LogP contribution in [0, 0.1) is 0 Å². The molecule has 0 bridgehead atoms. The molecule has 0 fully saturated rings. The SMILES string of the molecule is COCCNC(=O)C(=O)c1c[nH]c2cc(Cl)ccc12. The molecule has 0 unspecified atom stereocenters. The average Bonchev–Trinajstić information content (AvgIpc) is 2.80. The van der Waals surface area contributed by atoms with Gasteiger partial charge in [0.1, 0.15) is 0 Å². The van der Waals surface area contributed by atoms with Gasteiger partial charge in [0.2, 0.25) is 0 Å². The van der Waals surface area contributed by atoms with E-state index in [2.05, 4.69) is 10.3 Å². The number of methoxy groups -OCH3 is 1. The minimum atomic E-state index is -0.645. The maximum absolute atomic E-state index is 12.0. The summed E-state index contributed by atoms with van der Waals surface area (Å²) >= 11 is 5.86. The van der Waals surface area contributed by atoms with E-state index >= 15 is 0 Å². The molecule has 0 radical (unpaired) electrons. The number of Topliss-reactive ketones (excluding diaryl/α,β-unsaturated/α-hetero) is 1. The van der Waals surface area contributed by atoms with Crippen molar-refractivity contribution in [1.82, 2.24) is 10.3 Å². The van der Waals surface area contributed by atoms with Crippen molar-refractivity contribution in [3.05, 3.63) is 35.0 Å². The first-order chi connectivity index (χ1) is 9.13. The number of ketones is 1. The van der Waals surface area contributed by atoms with E-state index in [0.29, 0.717) is 29.1 Å². The van der Waals surface area contributed by atoms with Gasteiger partial charge in [-0.25, -0.2) is 0 Å². The van der Waals surface area contributed by atoms with Crippen molar-refractivity contribution in [1.29, 1.82) is 0 Å². The number of fused-ring (bicyclic) bond motifs is 1. The van der Waals surface area contributed by atoms with Gasteiger partial charge in [0.05, 0.1) is 12.2 Å². The third kappa shape index (κ3) is 2.94. The van der Waals surface area contributed by atoms with E-state index in [1.54, 1.807) is 18.2 Å². The molecule has 1 aromatic heterocycles. The molecule has 2 rings (SSSR count). The van der Waals surface area contributed by atoms with Gasteiger partial charge in [0.15, 0.2) is 0 Å². The molecular weight excluding hydrogens is 268 g/mol. The number of halogens is 1. The summed E-state index contributed by atoms with van der Waals surface area (Å²) in [5.41, 5.74) is 1.06. The summed E-state index contributed by atoms with van der Waals surface area (Å²) in [6.07, 6.45) is 1.51. The Kier molecular flexibility index (Phi) is 4.19. The number of H-pyrrole nitrogens is 1. The van der Waals surface area contributed by atoms with Gasteiger partial charge in [-0.1, -0.05) is 17.7 Å². The molecule has 0 atom stereocenters. The normalized spacial score (nSPS) is 10.6. The topological polar surface area (TPSA) is 71.2 Å². The lowest BCUT2D eigenvalue weighted by atomic mass is 10.1. The van der Waals surface area contributed by atoms with Crippen molar-refractivity contribution >= 4 is 34.2 Å². The number of amides is 1. The van der Waals surface area contributed by atoms with Crippen molar-refractivity contribution in [3.8, 4) is 0 Å². The van der Waals surface area contributed by atoms with Crippen LogP contribution >= 0.6 is 11.6 Å². The minimum Gasteiger partial charge on any atom is -0.383 e. The Bertz CT molecular complexity index is 621. The lowest BCUT2D eigenvalue weighted by Crippen LogP contribution is -2.33. The van der Waals surface area contributed by atoms with E-state index in [1.807, 2.05) is 0 Å². The summed E-state index contributed by atoms with van der Waals surface area (Å²) in [7, 11) is 1.53. The number of carbonyl (C=O) groups excluding carboxylic acids is 2. The van der Waals surface area contributed by atoms with Crippen LogP contribution in [0.15, 0.2) is 24.4 Å². The fourth-order valence-electron chi connectivity index (χ4n) is 1.76. The van der Waals surface area contributed by atoms with Gasteiger partial charge in [-0.2, -0.15) is 0 Å². The van der Waals surface area contributed by atoms with Crippen LogP contribution in [0.5, 0.6) is 0 Å². The predicted molar refractivity (Wildman–Crippen MR) is 72.5 cm³/mol. The summed E-state index contributed by atoms with van der Waals surface area (Å²) in [6, 6.07) is 5.09. The molecule has 0 spiro atoms. The highest BCUT2D eigenvalue weighted by molar-refractivity contribution is 6.45. The molecule has 100 valence electrons. The quantitative estimate of drug-likeness (QED) is 0.498. The first-order valence-corrected chi connectivity index (χ1v) is 6.09. The fraction of sp³-hybridized carbons (Fsp3) is 0.231. The largest absolute Gasteiger partial charge is 0.383 e. The molecule has 6 heteroatoms. The van der Waals surface area contributed by atoms with Gasteiger partial charge in [-0.15, -0.1) is 0 Å². The number of hydrogen-bond acceptors (Lipinski definition) is 3. The summed E-state index contributed by atoms with van der Waals surface area (Å²) < 4.78 is 4.80. The van der Waals surface area contributed by atoms with E-state index in [4.69, 9.17) is 16.3 Å². The number of ether oxygens (including phenoxy) is 1. The third-order valence-electron chi connectivity index (χ3n) is 2.69. The molecular formula is C13H13ClN2O3. The molecule has 0 aliphatic carbocycles. The maximum atomic E-state index is 12.0. The number of benzene rings is 1. The zero-order chi connectivity index (χ0) is 13.8. The lowest BCUT2D eigenvalue weighted by molar-refractivity contribution is -0.117. The third-order valence-corrected chi connectivity index (χ3v) is 2.92. The maximum Gasteiger partial charge on any atom is 0.292 e. The van der Waals surface area contributed by atoms with E-state index < -0.39 is 11.7 Å². The van der Waals surface area contributed by atoms with Gasteiger partial charge in [-0.3, -0.25) is 9.59 Å². The van der Waals surface area contributed by atoms with Crippen LogP contribution in [0.2, 0.25) is 5.02 Å². The smallest absolute Gasteiger partial charge is 0.292 e. The van der Waals surface area contributed by atoms with Crippen LogP contribution in [0.1, 0.15) is 10.4 Å². The molecule has 1 amide bonds. The van der Waals surface area contributed by atoms with Crippen LogP contribution in [0.25, 0.3) is 10.9 Å². The van der Waals surface area contributed by atoms with Crippen molar-refractivity contribution in [2.24, 2.45) is 0 Å². The molecule has 5 nitrogen and oxygen atoms in total. The predicted octanol–water partition coefficient (Wildman–Crippen LogP) is 1.77. The number of aromatic amines is 1. The van der Waals surface area contributed by atoms with E-state index in [0.717, 1.165) is 5.52 Å². The van der Waals surface area contributed by atoms with Gasteiger partial charge in [-0.05, 0) is 12.1 Å². The molecule has 19 heavy (non-hydrogen) atoms. The Morgan fingerprint density at radius 2 is 2.21 bits per heavy atom. The Morgan fingerprint density at radius 1 is 1.42 bits per heavy atom. The van der Waals surface area contributed by atoms with Crippen LogP contribution < -0.4 is 5.32 Å². The van der Waals surface area contributed by atoms with Crippen molar-refractivity contribution in [3.63, 3.8) is 0 Å². The van der Waals surface area contributed by atoms with Crippen molar-refractivity contribution < 1.29 is 14.3 Å². The van der Waals surface area contributed by atoms with Gasteiger partial charge >= 0.3 is 0 Å². The fourth-order valence-corrected chi connectivity index (χ4v) is 1.93. The van der Waals surface area contributed by atoms with Crippen LogP contribution in [-0.4, -0.2) is 36.9 Å². The first kappa shape index (κ1) is 13.6. The average molecular weight is 281 g/mol. The highest BCUT2D eigenvalue weighted by atomic mass is 35.5. The van der Waals surface area contributed by atoms with E-state index in [-0.39, 0.29) is 0 Å². The standard InChI is InChI=1S/C13H13ClN2O3/c1-19-5-4-15-13(18)12(17)10-7-16-11-6-8(14)2-3-9(10)11/h2-3,6-7,16H,4-5H2,1H3,(H,15,18). The minimum absolute atomic E-state index is 0.301. The van der Waals surface area contributed by atoms with Crippen LogP contribution in [0.3, 0.4) is 0 Å². The van der Waals surface area contributed by atoms with Crippen molar-refractivity contribution in [2.45, 2.75) is 0 Å². The Labute approximate surface area is 114 Å². The highest BCUT2D eigenvalue weighted by Gasteiger charge is 2.19. The number of rotatable bonds is 5.